The highest BCUT2D eigenvalue weighted by molar-refractivity contribution is 8.14. The average Bonchev–Trinajstić information content (AvgIpc) is 3.27. The number of ether oxygens (including phenoxy) is 1. The molecule has 2 aromatic carbocycles. The Morgan fingerprint density at radius 1 is 1.06 bits per heavy atom. The van der Waals surface area contributed by atoms with Crippen molar-refractivity contribution in [2.45, 2.75) is 50.4 Å². The van der Waals surface area contributed by atoms with Gasteiger partial charge in [-0.1, -0.05) is 71.9 Å². The van der Waals surface area contributed by atoms with E-state index in [1.54, 1.807) is 0 Å². The van der Waals surface area contributed by atoms with Gasteiger partial charge < -0.3 is 15.0 Å². The number of carbonyl (C=O) groups excluding carboxylic acids is 4. The van der Waals surface area contributed by atoms with Gasteiger partial charge in [-0.25, -0.2) is 4.79 Å². The molecule has 7 nitrogen and oxygen atoms in total. The van der Waals surface area contributed by atoms with E-state index in [0.717, 1.165) is 28.5 Å². The van der Waals surface area contributed by atoms with Gasteiger partial charge in [-0.3, -0.25) is 14.4 Å². The van der Waals surface area contributed by atoms with Crippen LogP contribution in [-0.2, 0) is 30.3 Å². The molecule has 0 aliphatic carbocycles. The molecule has 3 rings (SSSR count). The first-order chi connectivity index (χ1) is 16.3. The number of hydrogen-bond acceptors (Lipinski definition) is 6. The topological polar surface area (TPSA) is 92.8 Å². The molecule has 1 saturated heterocycles. The Kier molecular flexibility index (Phi) is 8.87. The molecular formula is C26H30N2O5S. The highest BCUT2D eigenvalue weighted by Crippen LogP contribution is 2.36. The van der Waals surface area contributed by atoms with Crippen molar-refractivity contribution in [1.29, 1.82) is 0 Å². The predicted molar refractivity (Wildman–Crippen MR) is 131 cm³/mol. The van der Waals surface area contributed by atoms with Gasteiger partial charge in [0.1, 0.15) is 6.04 Å². The summed E-state index contributed by atoms with van der Waals surface area (Å²) in [5.74, 6) is -1.22. The molecule has 1 aliphatic heterocycles. The van der Waals surface area contributed by atoms with Crippen LogP contribution in [0.15, 0.2) is 54.6 Å². The highest BCUT2D eigenvalue weighted by atomic mass is 32.2. The van der Waals surface area contributed by atoms with Crippen LogP contribution in [-0.4, -0.2) is 52.7 Å². The molecule has 2 aromatic rings. The van der Waals surface area contributed by atoms with Crippen LogP contribution >= 0.6 is 11.8 Å². The van der Waals surface area contributed by atoms with Crippen LogP contribution in [0.5, 0.6) is 0 Å². The van der Waals surface area contributed by atoms with Gasteiger partial charge >= 0.3 is 5.97 Å². The van der Waals surface area contributed by atoms with Crippen LogP contribution < -0.4 is 5.32 Å². The molecule has 3 atom stereocenters. The molecule has 1 aliphatic rings. The quantitative estimate of drug-likeness (QED) is 0.581. The zero-order valence-electron chi connectivity index (χ0n) is 19.7. The third kappa shape index (κ3) is 6.47. The Hall–Kier alpha value is -3.13. The second kappa shape index (κ2) is 11.8. The molecule has 0 saturated carbocycles. The molecule has 2 amide bonds. The third-order valence-corrected chi connectivity index (χ3v) is 6.88. The molecule has 0 aromatic heterocycles. The fourth-order valence-electron chi connectivity index (χ4n) is 4.23. The van der Waals surface area contributed by atoms with Crippen molar-refractivity contribution in [2.24, 2.45) is 0 Å². The fourth-order valence-corrected chi connectivity index (χ4v) is 5.09. The number of methoxy groups -OCH3 is 1. The van der Waals surface area contributed by atoms with Gasteiger partial charge in [0.25, 0.3) is 0 Å². The third-order valence-electron chi connectivity index (χ3n) is 5.89. The second-order valence-electron chi connectivity index (χ2n) is 8.35. The number of aryl methyl sites for hydroxylation is 1. The summed E-state index contributed by atoms with van der Waals surface area (Å²) < 4.78 is 4.93. The molecule has 0 spiro atoms. The second-order valence-corrected chi connectivity index (χ2v) is 9.73. The first-order valence-corrected chi connectivity index (χ1v) is 12.1. The lowest BCUT2D eigenvalue weighted by molar-refractivity contribution is -0.152. The Bertz CT molecular complexity index is 1030. The summed E-state index contributed by atoms with van der Waals surface area (Å²) in [6, 6.07) is 16.3. The van der Waals surface area contributed by atoms with Crippen LogP contribution in [0.3, 0.4) is 0 Å². The smallest absolute Gasteiger partial charge is 0.328 e. The van der Waals surface area contributed by atoms with Gasteiger partial charge in [0.2, 0.25) is 11.8 Å². The van der Waals surface area contributed by atoms with Gasteiger partial charge in [0, 0.05) is 6.92 Å². The van der Waals surface area contributed by atoms with E-state index in [4.69, 9.17) is 4.74 Å². The molecule has 34 heavy (non-hydrogen) atoms. The van der Waals surface area contributed by atoms with Crippen LogP contribution in [0, 0.1) is 6.92 Å². The summed E-state index contributed by atoms with van der Waals surface area (Å²) in [4.78, 5) is 51.8. The molecular weight excluding hydrogens is 452 g/mol. The van der Waals surface area contributed by atoms with Gasteiger partial charge in [-0.05, 0) is 37.3 Å². The molecule has 1 fully saturated rings. The van der Waals surface area contributed by atoms with Crippen LogP contribution in [0.1, 0.15) is 42.5 Å². The number of amides is 2. The van der Waals surface area contributed by atoms with Gasteiger partial charge in [-0.2, -0.15) is 0 Å². The molecule has 2 unspecified atom stereocenters. The fraction of sp³-hybridized carbons (Fsp3) is 0.385. The van der Waals surface area contributed by atoms with Gasteiger partial charge in [-0.15, -0.1) is 0 Å². The Balaban J connectivity index is 1.73. The van der Waals surface area contributed by atoms with E-state index < -0.39 is 23.2 Å². The number of rotatable bonds is 8. The number of esters is 1. The standard InChI is InChI=1S/C26H30N2O5S/c1-17-9-11-20(12-10-17)21-13-14-22(26(32)33-3)28(21)24(30)16-27-25(31)23(34-18(2)29)15-19-7-5-4-6-8-19/h4-12,21-23H,13-16H2,1-3H3,(H,27,31)/t21?,22?,23-/m0/s1. The number of thioether (sulfide) groups is 1. The van der Waals surface area contributed by atoms with E-state index in [1.807, 2.05) is 61.5 Å². The molecule has 0 bridgehead atoms. The Morgan fingerprint density at radius 3 is 2.35 bits per heavy atom. The van der Waals surface area contributed by atoms with Crippen molar-refractivity contribution < 1.29 is 23.9 Å². The van der Waals surface area contributed by atoms with Crippen LogP contribution in [0.2, 0.25) is 0 Å². The molecule has 1 heterocycles. The van der Waals surface area contributed by atoms with Crippen molar-refractivity contribution in [1.82, 2.24) is 10.2 Å². The Labute approximate surface area is 204 Å². The lowest BCUT2D eigenvalue weighted by Crippen LogP contribution is -2.48. The summed E-state index contributed by atoms with van der Waals surface area (Å²) in [5, 5.41) is 1.86. The van der Waals surface area contributed by atoms with Crippen molar-refractivity contribution in [3.63, 3.8) is 0 Å². The minimum atomic E-state index is -0.701. The first kappa shape index (κ1) is 25.5. The van der Waals surface area contributed by atoms with E-state index in [1.165, 1.54) is 18.9 Å². The highest BCUT2D eigenvalue weighted by Gasteiger charge is 2.42. The van der Waals surface area contributed by atoms with E-state index in [-0.39, 0.29) is 23.6 Å². The summed E-state index contributed by atoms with van der Waals surface area (Å²) >= 11 is 0.944. The van der Waals surface area contributed by atoms with Gasteiger partial charge in [0.05, 0.1) is 24.9 Å². The SMILES string of the molecule is COC(=O)C1CCC(c2ccc(C)cc2)N1C(=O)CNC(=O)[C@H](Cc1ccccc1)SC(C)=O. The maximum Gasteiger partial charge on any atom is 0.328 e. The summed E-state index contributed by atoms with van der Waals surface area (Å²) in [6.07, 6.45) is 1.48. The number of hydrogen-bond donors (Lipinski definition) is 1. The van der Waals surface area contributed by atoms with Crippen molar-refractivity contribution in [2.75, 3.05) is 13.7 Å². The van der Waals surface area contributed by atoms with Crippen molar-refractivity contribution >= 4 is 34.7 Å². The van der Waals surface area contributed by atoms with Gasteiger partial charge in [0.15, 0.2) is 5.12 Å². The predicted octanol–water partition coefficient (Wildman–Crippen LogP) is 3.21. The number of nitrogens with zero attached hydrogens (tertiary/aromatic N) is 1. The number of benzene rings is 2. The average molecular weight is 483 g/mol. The largest absolute Gasteiger partial charge is 0.467 e. The molecule has 1 N–H and O–H groups in total. The normalized spacial score (nSPS) is 18.3. The monoisotopic (exact) mass is 482 g/mol. The molecule has 180 valence electrons. The minimum Gasteiger partial charge on any atom is -0.467 e. The van der Waals surface area contributed by atoms with E-state index in [2.05, 4.69) is 5.32 Å². The lowest BCUT2D eigenvalue weighted by Gasteiger charge is -2.30. The zero-order valence-corrected chi connectivity index (χ0v) is 20.5. The maximum atomic E-state index is 13.3. The van der Waals surface area contributed by atoms with Crippen LogP contribution in [0.4, 0.5) is 0 Å². The molecule has 0 radical (unpaired) electrons. The van der Waals surface area contributed by atoms with E-state index >= 15 is 0 Å². The zero-order chi connectivity index (χ0) is 24.7. The molecule has 8 heteroatoms. The number of likely N-dealkylation sites (tertiary alicyclic amines) is 1. The maximum absolute atomic E-state index is 13.3. The van der Waals surface area contributed by atoms with Crippen molar-refractivity contribution in [3.05, 3.63) is 71.3 Å². The lowest BCUT2D eigenvalue weighted by atomic mass is 10.0. The summed E-state index contributed by atoms with van der Waals surface area (Å²) in [6.45, 7) is 3.13. The Morgan fingerprint density at radius 2 is 1.74 bits per heavy atom. The number of nitrogens with one attached hydrogen (secondary N) is 1. The number of carbonyl (C=O) groups is 4. The first-order valence-electron chi connectivity index (χ1n) is 11.2. The van der Waals surface area contributed by atoms with Crippen LogP contribution in [0.25, 0.3) is 0 Å². The summed E-state index contributed by atoms with van der Waals surface area (Å²) in [7, 11) is 1.30. The van der Waals surface area contributed by atoms with E-state index in [0.29, 0.717) is 19.3 Å². The van der Waals surface area contributed by atoms with Crippen molar-refractivity contribution in [3.8, 4) is 0 Å². The van der Waals surface area contributed by atoms with E-state index in [9.17, 15) is 19.2 Å². The summed E-state index contributed by atoms with van der Waals surface area (Å²) in [5.41, 5.74) is 2.96. The minimum absolute atomic E-state index is 0.174.